The second kappa shape index (κ2) is 10.0. The van der Waals surface area contributed by atoms with E-state index >= 15 is 0 Å². The fraction of sp³-hybridized carbons (Fsp3) is 0.348. The third-order valence-electron chi connectivity index (χ3n) is 4.86. The van der Waals surface area contributed by atoms with E-state index in [1.807, 2.05) is 30.3 Å². The molecule has 3 rings (SSSR count). The van der Waals surface area contributed by atoms with Gasteiger partial charge in [-0.05, 0) is 17.7 Å². The van der Waals surface area contributed by atoms with E-state index in [0.29, 0.717) is 12.2 Å². The number of likely N-dealkylation sites (tertiary alicyclic amines) is 1. The molecule has 1 heterocycles. The summed E-state index contributed by atoms with van der Waals surface area (Å²) < 4.78 is 16.8. The first-order chi connectivity index (χ1) is 14.5. The van der Waals surface area contributed by atoms with Crippen molar-refractivity contribution in [3.05, 3.63) is 71.8 Å². The van der Waals surface area contributed by atoms with Crippen molar-refractivity contribution in [2.24, 2.45) is 0 Å². The third kappa shape index (κ3) is 5.45. The molecule has 7 heteroatoms. The number of carbonyl (C=O) groups is 3. The van der Waals surface area contributed by atoms with Crippen LogP contribution < -0.4 is 0 Å². The van der Waals surface area contributed by atoms with Crippen molar-refractivity contribution >= 4 is 17.8 Å². The number of nitrogens with zero attached hydrogens (tertiary/aromatic N) is 1. The summed E-state index contributed by atoms with van der Waals surface area (Å²) in [6.07, 6.45) is -1.28. The normalized spacial score (nSPS) is 20.6. The molecule has 0 aromatic heterocycles. The molecule has 1 unspecified atom stereocenters. The summed E-state index contributed by atoms with van der Waals surface area (Å²) in [6.45, 7) is 3.16. The Labute approximate surface area is 175 Å². The summed E-state index contributed by atoms with van der Waals surface area (Å²) in [5.74, 6) is -1.29. The third-order valence-corrected chi connectivity index (χ3v) is 4.86. The molecule has 1 fully saturated rings. The fourth-order valence-electron chi connectivity index (χ4n) is 3.56. The number of hydrogen-bond donors (Lipinski definition) is 0. The zero-order chi connectivity index (χ0) is 21.5. The minimum Gasteiger partial charge on any atom is -0.456 e. The van der Waals surface area contributed by atoms with Gasteiger partial charge in [-0.25, -0.2) is 4.79 Å². The van der Waals surface area contributed by atoms with Gasteiger partial charge in [0, 0.05) is 20.3 Å². The molecule has 2 aromatic carbocycles. The summed E-state index contributed by atoms with van der Waals surface area (Å²) in [5.41, 5.74) is 1.39. The van der Waals surface area contributed by atoms with Crippen molar-refractivity contribution in [3.8, 4) is 0 Å². The molecule has 158 valence electrons. The molecule has 0 bridgehead atoms. The average molecular weight is 411 g/mol. The highest BCUT2D eigenvalue weighted by atomic mass is 16.6. The molecule has 1 aliphatic heterocycles. The van der Waals surface area contributed by atoms with Crippen molar-refractivity contribution < 1.29 is 28.6 Å². The first-order valence-electron chi connectivity index (χ1n) is 9.79. The first kappa shape index (κ1) is 21.5. The molecule has 0 aliphatic carbocycles. The fourth-order valence-corrected chi connectivity index (χ4v) is 3.56. The molecule has 2 aromatic rings. The molecule has 1 aliphatic rings. The van der Waals surface area contributed by atoms with E-state index in [1.54, 1.807) is 30.3 Å². The quantitative estimate of drug-likeness (QED) is 0.652. The SMILES string of the molecule is CC(=O)OC1C[C@H](OC(=O)c2ccccc2)[C@@H](COCc2ccccc2)N1C(C)=O. The molecule has 7 nitrogen and oxygen atoms in total. The molecular weight excluding hydrogens is 386 g/mol. The van der Waals surface area contributed by atoms with E-state index in [9.17, 15) is 14.4 Å². The lowest BCUT2D eigenvalue weighted by molar-refractivity contribution is -0.161. The Kier molecular flexibility index (Phi) is 7.19. The minimum absolute atomic E-state index is 0.138. The van der Waals surface area contributed by atoms with Gasteiger partial charge in [-0.2, -0.15) is 0 Å². The van der Waals surface area contributed by atoms with Gasteiger partial charge in [-0.1, -0.05) is 48.5 Å². The van der Waals surface area contributed by atoms with E-state index in [-0.39, 0.29) is 18.9 Å². The standard InChI is InChI=1S/C23H25NO6/c1-16(25)24-20(15-28-14-18-9-5-3-6-10-18)21(13-22(24)29-17(2)26)30-23(27)19-11-7-4-8-12-19/h3-12,20-22H,13-15H2,1-2H3/t20-,21+,22?/m1/s1. The first-order valence-corrected chi connectivity index (χ1v) is 9.79. The predicted octanol–water partition coefficient (Wildman–Crippen LogP) is 2.94. The van der Waals surface area contributed by atoms with E-state index in [1.165, 1.54) is 18.7 Å². The Morgan fingerprint density at radius 3 is 2.17 bits per heavy atom. The Balaban J connectivity index is 1.75. The number of carbonyl (C=O) groups excluding carboxylic acids is 3. The summed E-state index contributed by atoms with van der Waals surface area (Å²) >= 11 is 0. The Morgan fingerprint density at radius 2 is 1.57 bits per heavy atom. The van der Waals surface area contributed by atoms with Gasteiger partial charge in [0.2, 0.25) is 5.91 Å². The summed E-state index contributed by atoms with van der Waals surface area (Å²) in [7, 11) is 0. The number of esters is 2. The Hall–Kier alpha value is -3.19. The van der Waals surface area contributed by atoms with Gasteiger partial charge in [0.1, 0.15) is 6.10 Å². The lowest BCUT2D eigenvalue weighted by Gasteiger charge is -2.29. The molecule has 0 radical (unpaired) electrons. The summed E-state index contributed by atoms with van der Waals surface area (Å²) in [6, 6.07) is 17.7. The highest BCUT2D eigenvalue weighted by Crippen LogP contribution is 2.29. The van der Waals surface area contributed by atoms with Crippen LogP contribution in [0.25, 0.3) is 0 Å². The lowest BCUT2D eigenvalue weighted by Crippen LogP contribution is -2.46. The maximum absolute atomic E-state index is 12.6. The Bertz CT molecular complexity index is 870. The molecule has 3 atom stereocenters. The molecule has 0 spiro atoms. The maximum atomic E-state index is 12.6. The van der Waals surface area contributed by atoms with Crippen molar-refractivity contribution in [3.63, 3.8) is 0 Å². The molecular formula is C23H25NO6. The largest absolute Gasteiger partial charge is 0.456 e. The monoisotopic (exact) mass is 411 g/mol. The van der Waals surface area contributed by atoms with Gasteiger partial charge in [-0.3, -0.25) is 14.5 Å². The number of amides is 1. The molecule has 0 N–H and O–H groups in total. The van der Waals surface area contributed by atoms with E-state index in [4.69, 9.17) is 14.2 Å². The second-order valence-corrected chi connectivity index (χ2v) is 7.10. The maximum Gasteiger partial charge on any atom is 0.338 e. The number of hydrogen-bond acceptors (Lipinski definition) is 6. The van der Waals surface area contributed by atoms with Crippen LogP contribution in [0.2, 0.25) is 0 Å². The molecule has 1 saturated heterocycles. The number of ether oxygens (including phenoxy) is 3. The molecule has 1 amide bonds. The number of rotatable bonds is 7. The molecule has 30 heavy (non-hydrogen) atoms. The van der Waals surface area contributed by atoms with Crippen LogP contribution in [0, 0.1) is 0 Å². The smallest absolute Gasteiger partial charge is 0.338 e. The average Bonchev–Trinajstić information content (AvgIpc) is 3.05. The van der Waals surface area contributed by atoms with Gasteiger partial charge in [0.05, 0.1) is 24.8 Å². The summed E-state index contributed by atoms with van der Waals surface area (Å²) in [5, 5.41) is 0. The Morgan fingerprint density at radius 1 is 0.933 bits per heavy atom. The van der Waals surface area contributed by atoms with Crippen LogP contribution in [0.1, 0.15) is 36.2 Å². The zero-order valence-electron chi connectivity index (χ0n) is 17.0. The van der Waals surface area contributed by atoms with Crippen LogP contribution in [0.4, 0.5) is 0 Å². The van der Waals surface area contributed by atoms with Crippen molar-refractivity contribution in [2.45, 2.75) is 45.2 Å². The highest BCUT2D eigenvalue weighted by molar-refractivity contribution is 5.89. The van der Waals surface area contributed by atoms with Gasteiger partial charge >= 0.3 is 11.9 Å². The topological polar surface area (TPSA) is 82.1 Å². The number of benzene rings is 2. The van der Waals surface area contributed by atoms with Crippen LogP contribution in [-0.4, -0.2) is 47.7 Å². The van der Waals surface area contributed by atoms with Gasteiger partial charge in [-0.15, -0.1) is 0 Å². The molecule has 0 saturated carbocycles. The van der Waals surface area contributed by atoms with E-state index in [2.05, 4.69) is 0 Å². The summed E-state index contributed by atoms with van der Waals surface area (Å²) in [4.78, 5) is 37.8. The van der Waals surface area contributed by atoms with Gasteiger partial charge in [0.25, 0.3) is 0 Å². The highest BCUT2D eigenvalue weighted by Gasteiger charge is 2.46. The minimum atomic E-state index is -0.807. The zero-order valence-corrected chi connectivity index (χ0v) is 17.0. The van der Waals surface area contributed by atoms with Gasteiger partial charge in [0.15, 0.2) is 6.23 Å². The predicted molar refractivity (Wildman–Crippen MR) is 108 cm³/mol. The van der Waals surface area contributed by atoms with Gasteiger partial charge < -0.3 is 14.2 Å². The van der Waals surface area contributed by atoms with Crippen LogP contribution >= 0.6 is 0 Å². The van der Waals surface area contributed by atoms with E-state index in [0.717, 1.165) is 5.56 Å². The van der Waals surface area contributed by atoms with Crippen LogP contribution in [0.5, 0.6) is 0 Å². The van der Waals surface area contributed by atoms with Crippen molar-refractivity contribution in [2.75, 3.05) is 6.61 Å². The van der Waals surface area contributed by atoms with Crippen molar-refractivity contribution in [1.29, 1.82) is 0 Å². The lowest BCUT2D eigenvalue weighted by atomic mass is 10.1. The second-order valence-electron chi connectivity index (χ2n) is 7.10. The van der Waals surface area contributed by atoms with Crippen LogP contribution in [0.15, 0.2) is 60.7 Å². The van der Waals surface area contributed by atoms with Crippen molar-refractivity contribution in [1.82, 2.24) is 4.90 Å². The van der Waals surface area contributed by atoms with E-state index < -0.39 is 30.3 Å². The van der Waals surface area contributed by atoms with Crippen LogP contribution in [-0.2, 0) is 30.4 Å². The van der Waals surface area contributed by atoms with Crippen LogP contribution in [0.3, 0.4) is 0 Å².